The molecule has 0 aliphatic carbocycles. The summed E-state index contributed by atoms with van der Waals surface area (Å²) >= 11 is 0. The van der Waals surface area contributed by atoms with E-state index in [1.165, 1.54) is 24.2 Å². The summed E-state index contributed by atoms with van der Waals surface area (Å²) in [7, 11) is 3.19. The number of methoxy groups -OCH3 is 1. The zero-order valence-corrected chi connectivity index (χ0v) is 11.1. The van der Waals surface area contributed by atoms with Crippen molar-refractivity contribution in [1.82, 2.24) is 20.4 Å². The van der Waals surface area contributed by atoms with Crippen molar-refractivity contribution in [3.8, 4) is 0 Å². The van der Waals surface area contributed by atoms with Crippen LogP contribution >= 0.6 is 0 Å². The molecule has 0 aliphatic heterocycles. The lowest BCUT2D eigenvalue weighted by Crippen LogP contribution is -2.45. The first-order valence-electron chi connectivity index (χ1n) is 5.71. The Bertz CT molecular complexity index is 446. The first-order chi connectivity index (χ1) is 8.93. The summed E-state index contributed by atoms with van der Waals surface area (Å²) in [6.45, 7) is 2.10. The maximum absolute atomic E-state index is 11.7. The molecule has 1 heterocycles. The Balaban J connectivity index is 2.64. The molecular weight excluding hydrogens is 252 g/mol. The maximum atomic E-state index is 11.7. The van der Waals surface area contributed by atoms with Crippen LogP contribution in [0.5, 0.6) is 0 Å². The van der Waals surface area contributed by atoms with Gasteiger partial charge >= 0.3 is 12.0 Å². The van der Waals surface area contributed by atoms with E-state index in [4.69, 9.17) is 9.84 Å². The number of hydrogen-bond acceptors (Lipinski definition) is 4. The van der Waals surface area contributed by atoms with Crippen molar-refractivity contribution in [2.24, 2.45) is 7.05 Å². The summed E-state index contributed by atoms with van der Waals surface area (Å²) < 4.78 is 6.34. The van der Waals surface area contributed by atoms with Crippen LogP contribution in [0.15, 0.2) is 12.4 Å². The predicted octanol–water partition coefficient (Wildman–Crippen LogP) is -0.120. The average Bonchev–Trinajstić information content (AvgIpc) is 2.72. The van der Waals surface area contributed by atoms with Gasteiger partial charge in [-0.15, -0.1) is 0 Å². The molecule has 0 saturated carbocycles. The van der Waals surface area contributed by atoms with E-state index in [9.17, 15) is 9.59 Å². The molecule has 1 aromatic heterocycles. The van der Waals surface area contributed by atoms with Crippen LogP contribution in [0.4, 0.5) is 4.79 Å². The lowest BCUT2D eigenvalue weighted by atomic mass is 10.1. The second-order valence-corrected chi connectivity index (χ2v) is 4.19. The van der Waals surface area contributed by atoms with E-state index in [1.807, 2.05) is 0 Å². The highest BCUT2D eigenvalue weighted by atomic mass is 16.5. The van der Waals surface area contributed by atoms with E-state index >= 15 is 0 Å². The Morgan fingerprint density at radius 1 is 1.53 bits per heavy atom. The van der Waals surface area contributed by atoms with Crippen LogP contribution in [0.2, 0.25) is 0 Å². The Morgan fingerprint density at radius 2 is 2.21 bits per heavy atom. The minimum absolute atomic E-state index is 0.214. The quantitative estimate of drug-likeness (QED) is 0.668. The fraction of sp³-hybridized carbons (Fsp3) is 0.545. The smallest absolute Gasteiger partial charge is 0.331 e. The number of rotatable bonds is 6. The van der Waals surface area contributed by atoms with Gasteiger partial charge in [0.15, 0.2) is 6.04 Å². The molecule has 2 atom stereocenters. The van der Waals surface area contributed by atoms with Gasteiger partial charge in [-0.3, -0.25) is 4.68 Å². The zero-order valence-electron chi connectivity index (χ0n) is 11.1. The number of ether oxygens (including phenoxy) is 1. The number of aromatic nitrogens is 2. The molecule has 106 valence electrons. The highest BCUT2D eigenvalue weighted by Gasteiger charge is 2.23. The first kappa shape index (κ1) is 15.0. The topological polar surface area (TPSA) is 105 Å². The molecule has 2 unspecified atom stereocenters. The number of nitrogens with one attached hydrogen (secondary N) is 2. The third-order valence-corrected chi connectivity index (χ3v) is 2.37. The third-order valence-electron chi connectivity index (χ3n) is 2.37. The lowest BCUT2D eigenvalue weighted by Gasteiger charge is -2.17. The van der Waals surface area contributed by atoms with E-state index in [2.05, 4.69) is 15.7 Å². The highest BCUT2D eigenvalue weighted by molar-refractivity contribution is 5.83. The van der Waals surface area contributed by atoms with Crippen molar-refractivity contribution >= 4 is 12.0 Å². The number of carbonyl (C=O) groups excluding carboxylic acids is 1. The van der Waals surface area contributed by atoms with Gasteiger partial charge < -0.3 is 20.5 Å². The standard InChI is InChI=1S/C11H18N4O4/c1-7(6-19-3)13-11(18)14-9(10(16)17)8-4-12-15(2)5-8/h4-5,7,9H,6H2,1-3H3,(H,16,17)(H2,13,14,18). The van der Waals surface area contributed by atoms with Crippen molar-refractivity contribution in [2.75, 3.05) is 13.7 Å². The summed E-state index contributed by atoms with van der Waals surface area (Å²) in [5.41, 5.74) is 0.407. The highest BCUT2D eigenvalue weighted by Crippen LogP contribution is 2.11. The van der Waals surface area contributed by atoms with Crippen molar-refractivity contribution in [1.29, 1.82) is 0 Å². The molecule has 0 aliphatic rings. The van der Waals surface area contributed by atoms with Crippen molar-refractivity contribution in [3.63, 3.8) is 0 Å². The van der Waals surface area contributed by atoms with E-state index in [0.717, 1.165) is 0 Å². The molecule has 0 aromatic carbocycles. The van der Waals surface area contributed by atoms with Crippen LogP contribution in [0.3, 0.4) is 0 Å². The van der Waals surface area contributed by atoms with Gasteiger partial charge in [0.05, 0.1) is 18.8 Å². The van der Waals surface area contributed by atoms with Crippen molar-refractivity contribution < 1.29 is 19.4 Å². The molecule has 1 aromatic rings. The normalized spacial score (nSPS) is 13.6. The molecule has 8 heteroatoms. The Kier molecular flexibility index (Phi) is 5.31. The Morgan fingerprint density at radius 3 is 2.68 bits per heavy atom. The molecular formula is C11H18N4O4. The monoisotopic (exact) mass is 270 g/mol. The number of nitrogens with zero attached hydrogens (tertiary/aromatic N) is 2. The number of carboxylic acid groups (broad SMARTS) is 1. The third kappa shape index (κ3) is 4.59. The van der Waals surface area contributed by atoms with Gasteiger partial charge in [0, 0.05) is 25.9 Å². The van der Waals surface area contributed by atoms with Crippen LogP contribution in [-0.4, -0.2) is 46.6 Å². The molecule has 0 fully saturated rings. The largest absolute Gasteiger partial charge is 0.479 e. The molecule has 0 radical (unpaired) electrons. The number of aryl methyl sites for hydroxylation is 1. The summed E-state index contributed by atoms with van der Waals surface area (Å²) in [4.78, 5) is 22.8. The summed E-state index contributed by atoms with van der Waals surface area (Å²) in [5, 5.41) is 18.0. The molecule has 19 heavy (non-hydrogen) atoms. The lowest BCUT2D eigenvalue weighted by molar-refractivity contribution is -0.139. The van der Waals surface area contributed by atoms with E-state index in [1.54, 1.807) is 14.0 Å². The number of aliphatic carboxylic acids is 1. The van der Waals surface area contributed by atoms with Gasteiger partial charge in [-0.1, -0.05) is 0 Å². The molecule has 0 spiro atoms. The predicted molar refractivity (Wildman–Crippen MR) is 66.6 cm³/mol. The van der Waals surface area contributed by atoms with Crippen molar-refractivity contribution in [2.45, 2.75) is 19.0 Å². The van der Waals surface area contributed by atoms with Crippen molar-refractivity contribution in [3.05, 3.63) is 18.0 Å². The fourth-order valence-electron chi connectivity index (χ4n) is 1.57. The van der Waals surface area contributed by atoms with Crippen LogP contribution < -0.4 is 10.6 Å². The van der Waals surface area contributed by atoms with Gasteiger partial charge in [-0.2, -0.15) is 5.10 Å². The second-order valence-electron chi connectivity index (χ2n) is 4.19. The van der Waals surface area contributed by atoms with E-state index in [-0.39, 0.29) is 6.04 Å². The fourth-order valence-corrected chi connectivity index (χ4v) is 1.57. The average molecular weight is 270 g/mol. The summed E-state index contributed by atoms with van der Waals surface area (Å²) in [6.07, 6.45) is 2.94. The van der Waals surface area contributed by atoms with Gasteiger partial charge in [0.1, 0.15) is 0 Å². The molecule has 0 bridgehead atoms. The van der Waals surface area contributed by atoms with Gasteiger partial charge in [0.25, 0.3) is 0 Å². The van der Waals surface area contributed by atoms with E-state index in [0.29, 0.717) is 12.2 Å². The zero-order chi connectivity index (χ0) is 14.4. The van der Waals surface area contributed by atoms with Gasteiger partial charge in [-0.05, 0) is 6.92 Å². The minimum atomic E-state index is -1.15. The Hall–Kier alpha value is -2.09. The number of urea groups is 1. The van der Waals surface area contributed by atoms with Gasteiger partial charge in [-0.25, -0.2) is 9.59 Å². The number of amides is 2. The molecule has 8 nitrogen and oxygen atoms in total. The maximum Gasteiger partial charge on any atom is 0.331 e. The van der Waals surface area contributed by atoms with Crippen LogP contribution in [-0.2, 0) is 16.6 Å². The van der Waals surface area contributed by atoms with Gasteiger partial charge in [0.2, 0.25) is 0 Å². The Labute approximate surface area is 110 Å². The van der Waals surface area contributed by atoms with Crippen LogP contribution in [0, 0.1) is 0 Å². The number of hydrogen-bond donors (Lipinski definition) is 3. The number of carbonyl (C=O) groups is 2. The number of carboxylic acids is 1. The molecule has 0 saturated heterocycles. The minimum Gasteiger partial charge on any atom is -0.479 e. The molecule has 2 amide bonds. The molecule has 1 rings (SSSR count). The summed E-state index contributed by atoms with van der Waals surface area (Å²) in [6, 6.07) is -1.92. The SMILES string of the molecule is COCC(C)NC(=O)NC(C(=O)O)c1cnn(C)c1. The van der Waals surface area contributed by atoms with Crippen LogP contribution in [0.1, 0.15) is 18.5 Å². The first-order valence-corrected chi connectivity index (χ1v) is 5.71. The van der Waals surface area contributed by atoms with E-state index < -0.39 is 18.0 Å². The molecule has 3 N–H and O–H groups in total. The summed E-state index contributed by atoms with van der Waals surface area (Å²) in [5.74, 6) is -1.15. The second kappa shape index (κ2) is 6.74. The van der Waals surface area contributed by atoms with Crippen LogP contribution in [0.25, 0.3) is 0 Å².